The maximum atomic E-state index is 12.1. The van der Waals surface area contributed by atoms with Gasteiger partial charge in [-0.1, -0.05) is 24.3 Å². The Labute approximate surface area is 117 Å². The van der Waals surface area contributed by atoms with E-state index in [0.29, 0.717) is 6.61 Å². The van der Waals surface area contributed by atoms with Crippen molar-refractivity contribution in [1.29, 1.82) is 0 Å². The van der Waals surface area contributed by atoms with Crippen LogP contribution < -0.4 is 4.90 Å². The predicted molar refractivity (Wildman–Crippen MR) is 76.5 cm³/mol. The summed E-state index contributed by atoms with van der Waals surface area (Å²) in [7, 11) is 0. The zero-order valence-electron chi connectivity index (χ0n) is 11.5. The minimum absolute atomic E-state index is 0.167. The molecule has 1 saturated heterocycles. The van der Waals surface area contributed by atoms with Gasteiger partial charge in [-0.2, -0.15) is 5.10 Å². The van der Waals surface area contributed by atoms with Crippen molar-refractivity contribution in [3.63, 3.8) is 0 Å². The predicted octanol–water partition coefficient (Wildman–Crippen LogP) is 2.16. The minimum atomic E-state index is -0.241. The first-order chi connectivity index (χ1) is 9.81. The van der Waals surface area contributed by atoms with Gasteiger partial charge in [-0.25, -0.2) is 4.79 Å². The summed E-state index contributed by atoms with van der Waals surface area (Å²) in [6.45, 7) is 3.05. The van der Waals surface area contributed by atoms with Crippen molar-refractivity contribution < 1.29 is 9.53 Å². The van der Waals surface area contributed by atoms with Crippen LogP contribution in [0.2, 0.25) is 0 Å². The minimum Gasteiger partial charge on any atom is -0.464 e. The SMILES string of the molecule is CCOC(=O)C1CCCN1c1nncc2ccccc12. The van der Waals surface area contributed by atoms with Crippen molar-refractivity contribution in [3.05, 3.63) is 30.5 Å². The van der Waals surface area contributed by atoms with Gasteiger partial charge in [0, 0.05) is 17.3 Å². The summed E-state index contributed by atoms with van der Waals surface area (Å²) in [5.41, 5.74) is 0. The number of fused-ring (bicyclic) bond motifs is 1. The number of aromatic nitrogens is 2. The number of hydrogen-bond donors (Lipinski definition) is 0. The molecule has 1 aliphatic rings. The van der Waals surface area contributed by atoms with E-state index in [4.69, 9.17) is 4.74 Å². The molecule has 1 aliphatic heterocycles. The molecule has 0 saturated carbocycles. The number of rotatable bonds is 3. The Kier molecular flexibility index (Phi) is 3.50. The molecule has 2 aromatic rings. The van der Waals surface area contributed by atoms with Crippen LogP contribution in [-0.4, -0.2) is 35.4 Å². The number of esters is 1. The van der Waals surface area contributed by atoms with Crippen molar-refractivity contribution in [3.8, 4) is 0 Å². The summed E-state index contributed by atoms with van der Waals surface area (Å²) in [4.78, 5) is 14.1. The maximum absolute atomic E-state index is 12.1. The van der Waals surface area contributed by atoms with Crippen molar-refractivity contribution in [2.24, 2.45) is 0 Å². The Morgan fingerprint density at radius 2 is 2.30 bits per heavy atom. The summed E-state index contributed by atoms with van der Waals surface area (Å²) < 4.78 is 5.16. The third-order valence-corrected chi connectivity index (χ3v) is 3.63. The summed E-state index contributed by atoms with van der Waals surface area (Å²) in [6.07, 6.45) is 3.52. The molecule has 20 heavy (non-hydrogen) atoms. The second-order valence-corrected chi connectivity index (χ2v) is 4.86. The average molecular weight is 271 g/mol. The summed E-state index contributed by atoms with van der Waals surface area (Å²) >= 11 is 0. The summed E-state index contributed by atoms with van der Waals surface area (Å²) in [5, 5.41) is 10.4. The highest BCUT2D eigenvalue weighted by molar-refractivity contribution is 5.93. The number of ether oxygens (including phenoxy) is 1. The molecule has 1 atom stereocenters. The number of carbonyl (C=O) groups is 1. The molecule has 1 fully saturated rings. The smallest absolute Gasteiger partial charge is 0.328 e. The third kappa shape index (κ3) is 2.19. The van der Waals surface area contributed by atoms with Crippen molar-refractivity contribution in [1.82, 2.24) is 10.2 Å². The van der Waals surface area contributed by atoms with Crippen molar-refractivity contribution >= 4 is 22.6 Å². The van der Waals surface area contributed by atoms with E-state index in [1.807, 2.05) is 36.1 Å². The summed E-state index contributed by atoms with van der Waals surface area (Å²) in [5.74, 6) is 0.610. The fraction of sp³-hybridized carbons (Fsp3) is 0.400. The van der Waals surface area contributed by atoms with Crippen LogP contribution in [0.25, 0.3) is 10.8 Å². The molecule has 2 heterocycles. The second-order valence-electron chi connectivity index (χ2n) is 4.86. The van der Waals surface area contributed by atoms with Gasteiger partial charge in [-0.15, -0.1) is 5.10 Å². The van der Waals surface area contributed by atoms with E-state index in [-0.39, 0.29) is 12.0 Å². The largest absolute Gasteiger partial charge is 0.464 e. The molecule has 0 radical (unpaired) electrons. The Balaban J connectivity index is 1.99. The summed E-state index contributed by atoms with van der Waals surface area (Å²) in [6, 6.07) is 7.72. The highest BCUT2D eigenvalue weighted by Crippen LogP contribution is 2.30. The molecule has 1 unspecified atom stereocenters. The van der Waals surface area contributed by atoms with Crippen LogP contribution in [0.15, 0.2) is 30.5 Å². The molecule has 5 nitrogen and oxygen atoms in total. The van der Waals surface area contributed by atoms with E-state index in [9.17, 15) is 4.79 Å². The van der Waals surface area contributed by atoms with Gasteiger partial charge < -0.3 is 9.64 Å². The molecule has 5 heteroatoms. The third-order valence-electron chi connectivity index (χ3n) is 3.63. The lowest BCUT2D eigenvalue weighted by molar-refractivity contribution is -0.144. The quantitative estimate of drug-likeness (QED) is 0.801. The van der Waals surface area contributed by atoms with Gasteiger partial charge in [0.25, 0.3) is 0 Å². The van der Waals surface area contributed by atoms with E-state index in [2.05, 4.69) is 10.2 Å². The zero-order chi connectivity index (χ0) is 13.9. The van der Waals surface area contributed by atoms with Crippen molar-refractivity contribution in [2.75, 3.05) is 18.1 Å². The molecule has 0 spiro atoms. The number of nitrogens with zero attached hydrogens (tertiary/aromatic N) is 3. The molecular formula is C15H17N3O2. The highest BCUT2D eigenvalue weighted by Gasteiger charge is 2.33. The molecular weight excluding hydrogens is 254 g/mol. The van der Waals surface area contributed by atoms with Gasteiger partial charge in [0.05, 0.1) is 12.8 Å². The van der Waals surface area contributed by atoms with E-state index in [1.54, 1.807) is 6.20 Å². The van der Waals surface area contributed by atoms with Gasteiger partial charge in [-0.05, 0) is 19.8 Å². The first kappa shape index (κ1) is 12.8. The Morgan fingerprint density at radius 1 is 1.45 bits per heavy atom. The second kappa shape index (κ2) is 5.45. The topological polar surface area (TPSA) is 55.3 Å². The van der Waals surface area contributed by atoms with Crippen LogP contribution in [0.5, 0.6) is 0 Å². The lowest BCUT2D eigenvalue weighted by Crippen LogP contribution is -2.38. The van der Waals surface area contributed by atoms with Crippen LogP contribution in [-0.2, 0) is 9.53 Å². The van der Waals surface area contributed by atoms with Crippen molar-refractivity contribution in [2.45, 2.75) is 25.8 Å². The lowest BCUT2D eigenvalue weighted by Gasteiger charge is -2.24. The molecule has 0 aliphatic carbocycles. The fourth-order valence-corrected chi connectivity index (χ4v) is 2.73. The molecule has 0 bridgehead atoms. The molecule has 1 aromatic heterocycles. The van der Waals surface area contributed by atoms with Gasteiger partial charge >= 0.3 is 5.97 Å². The van der Waals surface area contributed by atoms with Crippen LogP contribution in [0.4, 0.5) is 5.82 Å². The zero-order valence-corrected chi connectivity index (χ0v) is 11.5. The molecule has 0 N–H and O–H groups in total. The Hall–Kier alpha value is -2.17. The number of anilines is 1. The molecule has 1 aromatic carbocycles. The van der Waals surface area contributed by atoms with Gasteiger partial charge in [0.15, 0.2) is 5.82 Å². The van der Waals surface area contributed by atoms with E-state index in [0.717, 1.165) is 36.0 Å². The van der Waals surface area contributed by atoms with Gasteiger partial charge in [0.2, 0.25) is 0 Å². The fourth-order valence-electron chi connectivity index (χ4n) is 2.73. The number of hydrogen-bond acceptors (Lipinski definition) is 5. The first-order valence-corrected chi connectivity index (χ1v) is 6.95. The highest BCUT2D eigenvalue weighted by atomic mass is 16.5. The Bertz CT molecular complexity index is 624. The standard InChI is InChI=1S/C15H17N3O2/c1-2-20-15(19)13-8-5-9-18(13)14-12-7-4-3-6-11(12)10-16-17-14/h3-4,6-7,10,13H,2,5,8-9H2,1H3. The molecule has 3 rings (SSSR count). The van der Waals surface area contributed by atoms with Gasteiger partial charge in [-0.3, -0.25) is 0 Å². The van der Waals surface area contributed by atoms with E-state index in [1.165, 1.54) is 0 Å². The van der Waals surface area contributed by atoms with Gasteiger partial charge in [0.1, 0.15) is 6.04 Å². The average Bonchev–Trinajstić information content (AvgIpc) is 2.96. The number of benzene rings is 1. The monoisotopic (exact) mass is 271 g/mol. The van der Waals surface area contributed by atoms with Crippen LogP contribution in [0, 0.1) is 0 Å². The van der Waals surface area contributed by atoms with E-state index < -0.39 is 0 Å². The Morgan fingerprint density at radius 3 is 3.15 bits per heavy atom. The van der Waals surface area contributed by atoms with Crippen LogP contribution in [0.3, 0.4) is 0 Å². The maximum Gasteiger partial charge on any atom is 0.328 e. The molecule has 0 amide bonds. The van der Waals surface area contributed by atoms with E-state index >= 15 is 0 Å². The first-order valence-electron chi connectivity index (χ1n) is 6.95. The van der Waals surface area contributed by atoms with Crippen LogP contribution >= 0.6 is 0 Å². The number of carbonyl (C=O) groups excluding carboxylic acids is 1. The normalized spacial score (nSPS) is 18.4. The van der Waals surface area contributed by atoms with Crippen LogP contribution in [0.1, 0.15) is 19.8 Å². The molecule has 104 valence electrons. The lowest BCUT2D eigenvalue weighted by atomic mass is 10.1.